The van der Waals surface area contributed by atoms with Crippen LogP contribution in [0.1, 0.15) is 39.8 Å². The van der Waals surface area contributed by atoms with Gasteiger partial charge in [0, 0.05) is 23.0 Å². The third-order valence-corrected chi connectivity index (χ3v) is 2.91. The topological polar surface area (TPSA) is 35.0 Å². The SMILES string of the molecule is CC(C)CC(Br)Cc1cc(OC(C)C)ncn1. The van der Waals surface area contributed by atoms with E-state index in [0.29, 0.717) is 16.6 Å². The van der Waals surface area contributed by atoms with E-state index in [1.165, 1.54) is 0 Å². The van der Waals surface area contributed by atoms with Crippen LogP contribution < -0.4 is 4.74 Å². The summed E-state index contributed by atoms with van der Waals surface area (Å²) in [6.45, 7) is 8.44. The second kappa shape index (κ2) is 6.94. The molecule has 0 spiro atoms. The van der Waals surface area contributed by atoms with E-state index in [0.717, 1.165) is 18.5 Å². The van der Waals surface area contributed by atoms with Crippen molar-refractivity contribution in [3.8, 4) is 5.88 Å². The first-order valence-electron chi connectivity index (χ1n) is 6.09. The van der Waals surface area contributed by atoms with Gasteiger partial charge in [-0.3, -0.25) is 0 Å². The number of hydrogen-bond acceptors (Lipinski definition) is 3. The molecule has 0 N–H and O–H groups in total. The number of nitrogens with zero attached hydrogens (tertiary/aromatic N) is 2. The molecule has 0 bridgehead atoms. The van der Waals surface area contributed by atoms with Crippen molar-refractivity contribution in [2.24, 2.45) is 5.92 Å². The monoisotopic (exact) mass is 300 g/mol. The standard InChI is InChI=1S/C13H21BrN2O/c1-9(2)5-11(14)6-12-7-13(16-8-15-12)17-10(3)4/h7-11H,5-6H2,1-4H3. The van der Waals surface area contributed by atoms with Gasteiger partial charge in [0.2, 0.25) is 5.88 Å². The summed E-state index contributed by atoms with van der Waals surface area (Å²) in [4.78, 5) is 8.83. The lowest BCUT2D eigenvalue weighted by molar-refractivity contribution is 0.232. The number of ether oxygens (including phenoxy) is 1. The molecule has 0 aliphatic carbocycles. The van der Waals surface area contributed by atoms with Gasteiger partial charge in [-0.2, -0.15) is 0 Å². The van der Waals surface area contributed by atoms with E-state index in [1.54, 1.807) is 6.33 Å². The second-order valence-corrected chi connectivity index (χ2v) is 6.24. The van der Waals surface area contributed by atoms with Crippen LogP contribution in [-0.4, -0.2) is 20.9 Å². The zero-order valence-electron chi connectivity index (χ0n) is 11.0. The molecule has 0 aliphatic heterocycles. The highest BCUT2D eigenvalue weighted by Gasteiger charge is 2.10. The van der Waals surface area contributed by atoms with Crippen molar-refractivity contribution >= 4 is 15.9 Å². The first-order valence-corrected chi connectivity index (χ1v) is 7.00. The minimum atomic E-state index is 0.146. The van der Waals surface area contributed by atoms with Gasteiger partial charge in [0.15, 0.2) is 0 Å². The Kier molecular flexibility index (Phi) is 5.89. The normalized spacial score (nSPS) is 13.1. The fraction of sp³-hybridized carbons (Fsp3) is 0.692. The first-order chi connectivity index (χ1) is 7.97. The zero-order chi connectivity index (χ0) is 12.8. The third-order valence-electron chi connectivity index (χ3n) is 2.21. The van der Waals surface area contributed by atoms with Crippen molar-refractivity contribution in [3.63, 3.8) is 0 Å². The van der Waals surface area contributed by atoms with Crippen molar-refractivity contribution in [1.29, 1.82) is 0 Å². The molecule has 1 heterocycles. The van der Waals surface area contributed by atoms with Crippen molar-refractivity contribution < 1.29 is 4.74 Å². The second-order valence-electron chi connectivity index (χ2n) is 4.95. The number of halogens is 1. The number of hydrogen-bond donors (Lipinski definition) is 0. The molecule has 0 amide bonds. The van der Waals surface area contributed by atoms with Gasteiger partial charge in [-0.25, -0.2) is 9.97 Å². The smallest absolute Gasteiger partial charge is 0.216 e. The number of alkyl halides is 1. The summed E-state index contributed by atoms with van der Waals surface area (Å²) in [5, 5.41) is 0. The molecule has 1 unspecified atom stereocenters. The Balaban J connectivity index is 2.59. The lowest BCUT2D eigenvalue weighted by Gasteiger charge is -2.13. The lowest BCUT2D eigenvalue weighted by atomic mass is 10.1. The van der Waals surface area contributed by atoms with Gasteiger partial charge in [-0.05, 0) is 26.2 Å². The predicted octanol–water partition coefficient (Wildman–Crippen LogP) is 3.62. The van der Waals surface area contributed by atoms with Crippen LogP contribution in [0.15, 0.2) is 12.4 Å². The van der Waals surface area contributed by atoms with Crippen LogP contribution in [0.4, 0.5) is 0 Å². The Hall–Kier alpha value is -0.640. The molecule has 0 saturated heterocycles. The molecule has 17 heavy (non-hydrogen) atoms. The van der Waals surface area contributed by atoms with Crippen molar-refractivity contribution in [2.45, 2.75) is 51.5 Å². The molecule has 1 rings (SSSR count). The van der Waals surface area contributed by atoms with Crippen LogP contribution in [-0.2, 0) is 6.42 Å². The van der Waals surface area contributed by atoms with Crippen LogP contribution in [0.3, 0.4) is 0 Å². The Morgan fingerprint density at radius 1 is 1.24 bits per heavy atom. The maximum atomic E-state index is 5.55. The van der Waals surface area contributed by atoms with Gasteiger partial charge in [0.05, 0.1) is 6.10 Å². The Morgan fingerprint density at radius 3 is 2.53 bits per heavy atom. The molecule has 3 nitrogen and oxygen atoms in total. The van der Waals surface area contributed by atoms with E-state index in [2.05, 4.69) is 39.7 Å². The van der Waals surface area contributed by atoms with Gasteiger partial charge in [-0.15, -0.1) is 0 Å². The molecule has 0 aromatic carbocycles. The Bertz CT molecular complexity index is 342. The van der Waals surface area contributed by atoms with Crippen molar-refractivity contribution in [3.05, 3.63) is 18.1 Å². The van der Waals surface area contributed by atoms with Crippen LogP contribution in [0.5, 0.6) is 5.88 Å². The molecular formula is C13H21BrN2O. The maximum Gasteiger partial charge on any atom is 0.216 e. The lowest BCUT2D eigenvalue weighted by Crippen LogP contribution is -2.10. The van der Waals surface area contributed by atoms with Crippen molar-refractivity contribution in [2.75, 3.05) is 0 Å². The molecule has 0 aliphatic rings. The molecule has 4 heteroatoms. The summed E-state index contributed by atoms with van der Waals surface area (Å²) in [6.07, 6.45) is 3.77. The van der Waals surface area contributed by atoms with E-state index >= 15 is 0 Å². The van der Waals surface area contributed by atoms with Crippen LogP contribution in [0, 0.1) is 5.92 Å². The highest BCUT2D eigenvalue weighted by atomic mass is 79.9. The zero-order valence-corrected chi connectivity index (χ0v) is 12.6. The number of rotatable bonds is 6. The van der Waals surface area contributed by atoms with Gasteiger partial charge in [0.1, 0.15) is 6.33 Å². The maximum absolute atomic E-state index is 5.55. The Morgan fingerprint density at radius 2 is 1.94 bits per heavy atom. The van der Waals surface area contributed by atoms with Crippen LogP contribution >= 0.6 is 15.9 Å². The molecule has 1 aromatic rings. The minimum absolute atomic E-state index is 0.146. The third kappa shape index (κ3) is 6.01. The Labute approximate surface area is 112 Å². The average Bonchev–Trinajstić information content (AvgIpc) is 2.14. The molecule has 0 saturated carbocycles. The predicted molar refractivity (Wildman–Crippen MR) is 73.7 cm³/mol. The van der Waals surface area contributed by atoms with Crippen LogP contribution in [0.2, 0.25) is 0 Å². The van der Waals surface area contributed by atoms with E-state index in [9.17, 15) is 0 Å². The summed E-state index contributed by atoms with van der Waals surface area (Å²) in [6, 6.07) is 1.93. The summed E-state index contributed by atoms with van der Waals surface area (Å²) in [7, 11) is 0. The molecule has 1 atom stereocenters. The summed E-state index contributed by atoms with van der Waals surface area (Å²) < 4.78 is 5.55. The largest absolute Gasteiger partial charge is 0.475 e. The summed E-state index contributed by atoms with van der Waals surface area (Å²) in [5.41, 5.74) is 1.03. The number of aromatic nitrogens is 2. The van der Waals surface area contributed by atoms with E-state index in [4.69, 9.17) is 4.74 Å². The van der Waals surface area contributed by atoms with Crippen molar-refractivity contribution in [1.82, 2.24) is 9.97 Å². The molecule has 96 valence electrons. The average molecular weight is 301 g/mol. The quantitative estimate of drug-likeness (QED) is 0.753. The molecular weight excluding hydrogens is 280 g/mol. The summed E-state index contributed by atoms with van der Waals surface area (Å²) in [5.74, 6) is 1.35. The van der Waals surface area contributed by atoms with E-state index < -0.39 is 0 Å². The fourth-order valence-electron chi connectivity index (χ4n) is 1.62. The van der Waals surface area contributed by atoms with E-state index in [1.807, 2.05) is 19.9 Å². The molecule has 0 radical (unpaired) electrons. The highest BCUT2D eigenvalue weighted by Crippen LogP contribution is 2.18. The van der Waals surface area contributed by atoms with Crippen LogP contribution in [0.25, 0.3) is 0 Å². The van der Waals surface area contributed by atoms with Gasteiger partial charge >= 0.3 is 0 Å². The van der Waals surface area contributed by atoms with Gasteiger partial charge < -0.3 is 4.74 Å². The first kappa shape index (κ1) is 14.4. The molecule has 1 aromatic heterocycles. The summed E-state index contributed by atoms with van der Waals surface area (Å²) >= 11 is 3.69. The van der Waals surface area contributed by atoms with Gasteiger partial charge in [0.25, 0.3) is 0 Å². The molecule has 0 fully saturated rings. The van der Waals surface area contributed by atoms with E-state index in [-0.39, 0.29) is 6.10 Å². The highest BCUT2D eigenvalue weighted by molar-refractivity contribution is 9.09. The van der Waals surface area contributed by atoms with Gasteiger partial charge in [-0.1, -0.05) is 29.8 Å². The minimum Gasteiger partial charge on any atom is -0.475 e. The fourth-order valence-corrected chi connectivity index (χ4v) is 2.70.